The predicted octanol–water partition coefficient (Wildman–Crippen LogP) is 1.40. The quantitative estimate of drug-likeness (QED) is 0.572. The van der Waals surface area contributed by atoms with Gasteiger partial charge in [0.05, 0.1) is 23.2 Å². The molecule has 1 aromatic carbocycles. The van der Waals surface area contributed by atoms with Gasteiger partial charge < -0.3 is 16.4 Å². The minimum Gasteiger partial charge on any atom is -0.354 e. The fourth-order valence-electron chi connectivity index (χ4n) is 2.26. The number of hydrogen-bond acceptors (Lipinski definition) is 5. The van der Waals surface area contributed by atoms with Crippen LogP contribution in [0.15, 0.2) is 29.2 Å². The van der Waals surface area contributed by atoms with Gasteiger partial charge in [0.15, 0.2) is 9.84 Å². The minimum atomic E-state index is -3.50. The summed E-state index contributed by atoms with van der Waals surface area (Å²) in [7, 11) is -3.50. The Hall–Kier alpha value is -1.64. The van der Waals surface area contributed by atoms with Crippen LogP contribution in [0.25, 0.3) is 0 Å². The van der Waals surface area contributed by atoms with Crippen molar-refractivity contribution in [1.29, 1.82) is 0 Å². The maximum Gasteiger partial charge on any atom is 0.239 e. The molecule has 0 aliphatic heterocycles. The second kappa shape index (κ2) is 10.8. The van der Waals surface area contributed by atoms with Crippen molar-refractivity contribution in [2.45, 2.75) is 51.0 Å². The first-order valence-corrected chi connectivity index (χ1v) is 10.6. The molecule has 1 aromatic rings. The molecule has 2 amide bonds. The fraction of sp³-hybridized carbons (Fsp3) is 0.579. The monoisotopic (exact) mass is 433 g/mol. The van der Waals surface area contributed by atoms with Crippen LogP contribution in [0.5, 0.6) is 0 Å². The van der Waals surface area contributed by atoms with Gasteiger partial charge in [0.2, 0.25) is 11.8 Å². The van der Waals surface area contributed by atoms with Gasteiger partial charge in [-0.25, -0.2) is 8.42 Å². The lowest BCUT2D eigenvalue weighted by Crippen LogP contribution is -2.47. The van der Waals surface area contributed by atoms with Crippen LogP contribution in [0.4, 0.5) is 0 Å². The minimum absolute atomic E-state index is 0. The van der Waals surface area contributed by atoms with E-state index in [1.54, 1.807) is 24.3 Å². The molecule has 1 rings (SSSR count). The van der Waals surface area contributed by atoms with Crippen molar-refractivity contribution in [3.8, 4) is 0 Å². The van der Waals surface area contributed by atoms with E-state index in [4.69, 9.17) is 5.73 Å². The van der Waals surface area contributed by atoms with Crippen LogP contribution in [0, 0.1) is 5.92 Å². The van der Waals surface area contributed by atoms with E-state index in [9.17, 15) is 18.0 Å². The highest BCUT2D eigenvalue weighted by molar-refractivity contribution is 7.91. The van der Waals surface area contributed by atoms with Crippen LogP contribution < -0.4 is 16.4 Å². The summed E-state index contributed by atoms with van der Waals surface area (Å²) in [6.07, 6.45) is 0. The summed E-state index contributed by atoms with van der Waals surface area (Å²) in [5.41, 5.74) is 6.67. The number of rotatable bonds is 8. The zero-order valence-corrected chi connectivity index (χ0v) is 18.7. The molecule has 0 aliphatic carbocycles. The van der Waals surface area contributed by atoms with Crippen molar-refractivity contribution >= 4 is 34.1 Å². The maximum atomic E-state index is 12.4. The van der Waals surface area contributed by atoms with Crippen molar-refractivity contribution < 1.29 is 18.0 Å². The number of nitrogens with two attached hydrogens (primary N) is 1. The molecule has 28 heavy (non-hydrogen) atoms. The number of benzene rings is 1. The summed E-state index contributed by atoms with van der Waals surface area (Å²) in [6.45, 7) is 9.51. The Labute approximate surface area is 174 Å². The Morgan fingerprint density at radius 3 is 2.07 bits per heavy atom. The number of amides is 2. The molecular formula is C19H32ClN3O4S. The van der Waals surface area contributed by atoms with Gasteiger partial charge in [-0.2, -0.15) is 0 Å². The molecule has 0 saturated carbocycles. The number of carbonyl (C=O) groups is 2. The number of halogens is 1. The van der Waals surface area contributed by atoms with Gasteiger partial charge in [-0.3, -0.25) is 9.59 Å². The van der Waals surface area contributed by atoms with Gasteiger partial charge >= 0.3 is 0 Å². The van der Waals surface area contributed by atoms with E-state index in [-0.39, 0.29) is 47.5 Å². The number of hydrogen-bond donors (Lipinski definition) is 3. The molecule has 160 valence electrons. The zero-order chi connectivity index (χ0) is 20.8. The molecule has 9 heteroatoms. The van der Waals surface area contributed by atoms with E-state index in [0.717, 1.165) is 5.56 Å². The van der Waals surface area contributed by atoms with Gasteiger partial charge in [0, 0.05) is 6.54 Å². The van der Waals surface area contributed by atoms with Crippen LogP contribution in [0.1, 0.15) is 40.2 Å². The number of carbonyl (C=O) groups excluding carboxylic acids is 2. The Balaban J connectivity index is 0.00000729. The number of sulfone groups is 1. The summed E-state index contributed by atoms with van der Waals surface area (Å²) in [5, 5.41) is 4.93. The van der Waals surface area contributed by atoms with Crippen LogP contribution in [-0.4, -0.2) is 45.1 Å². The van der Waals surface area contributed by atoms with E-state index < -0.39 is 27.7 Å². The second-order valence-corrected chi connectivity index (χ2v) is 10.0. The van der Waals surface area contributed by atoms with Gasteiger partial charge in [0.25, 0.3) is 0 Å². The fourth-order valence-corrected chi connectivity index (χ4v) is 3.41. The Morgan fingerprint density at radius 1 is 1.07 bits per heavy atom. The van der Waals surface area contributed by atoms with E-state index in [1.165, 1.54) is 0 Å². The first-order chi connectivity index (χ1) is 12.3. The molecule has 7 nitrogen and oxygen atoms in total. The first-order valence-electron chi connectivity index (χ1n) is 8.98. The molecule has 0 aliphatic rings. The summed E-state index contributed by atoms with van der Waals surface area (Å²) in [5.74, 6) is -1.13. The summed E-state index contributed by atoms with van der Waals surface area (Å²) < 4.78 is 24.7. The smallest absolute Gasteiger partial charge is 0.239 e. The molecular weight excluding hydrogens is 402 g/mol. The highest BCUT2D eigenvalue weighted by Gasteiger charge is 2.19. The highest BCUT2D eigenvalue weighted by atomic mass is 35.5. The van der Waals surface area contributed by atoms with Crippen molar-refractivity contribution in [2.75, 3.05) is 18.8 Å². The summed E-state index contributed by atoms with van der Waals surface area (Å²) in [6, 6.07) is 6.10. The third-order valence-corrected chi connectivity index (χ3v) is 5.95. The number of nitrogens with one attached hydrogen (secondary N) is 2. The maximum absolute atomic E-state index is 12.4. The van der Waals surface area contributed by atoms with E-state index in [2.05, 4.69) is 31.4 Å². The Bertz CT molecular complexity index is 756. The zero-order valence-electron chi connectivity index (χ0n) is 17.1. The highest BCUT2D eigenvalue weighted by Crippen LogP contribution is 2.23. The van der Waals surface area contributed by atoms with Gasteiger partial charge in [-0.1, -0.05) is 46.8 Å². The third kappa shape index (κ3) is 8.16. The van der Waals surface area contributed by atoms with Crippen LogP contribution in [0.2, 0.25) is 0 Å². The van der Waals surface area contributed by atoms with E-state index >= 15 is 0 Å². The molecule has 0 heterocycles. The largest absolute Gasteiger partial charge is 0.354 e. The average molecular weight is 434 g/mol. The third-order valence-electron chi connectivity index (χ3n) is 4.22. The topological polar surface area (TPSA) is 118 Å². The average Bonchev–Trinajstić information content (AvgIpc) is 2.58. The van der Waals surface area contributed by atoms with Crippen molar-refractivity contribution in [3.05, 3.63) is 29.8 Å². The molecule has 4 N–H and O–H groups in total. The lowest BCUT2D eigenvalue weighted by molar-refractivity contribution is -0.127. The molecule has 0 spiro atoms. The van der Waals surface area contributed by atoms with Gasteiger partial charge in [-0.15, -0.1) is 12.4 Å². The summed E-state index contributed by atoms with van der Waals surface area (Å²) >= 11 is 0. The SMILES string of the molecule is CC(C)[C@H](N)C(=O)NCC(=O)NCCS(=O)(=O)c1ccc(C(C)(C)C)cc1.Cl. The van der Waals surface area contributed by atoms with Gasteiger partial charge in [-0.05, 0) is 29.0 Å². The molecule has 0 saturated heterocycles. The molecule has 0 fully saturated rings. The first kappa shape index (κ1) is 26.4. The molecule has 0 radical (unpaired) electrons. The second-order valence-electron chi connectivity index (χ2n) is 7.93. The van der Waals surface area contributed by atoms with Crippen LogP contribution in [-0.2, 0) is 24.8 Å². The van der Waals surface area contributed by atoms with Gasteiger partial charge in [0.1, 0.15) is 0 Å². The Kier molecular flexibility index (Phi) is 10.2. The van der Waals surface area contributed by atoms with Crippen LogP contribution in [0.3, 0.4) is 0 Å². The lowest BCUT2D eigenvalue weighted by atomic mass is 9.87. The predicted molar refractivity (Wildman–Crippen MR) is 113 cm³/mol. The summed E-state index contributed by atoms with van der Waals surface area (Å²) in [4.78, 5) is 23.7. The lowest BCUT2D eigenvalue weighted by Gasteiger charge is -2.19. The van der Waals surface area contributed by atoms with E-state index in [1.807, 2.05) is 13.8 Å². The van der Waals surface area contributed by atoms with Crippen molar-refractivity contribution in [1.82, 2.24) is 10.6 Å². The van der Waals surface area contributed by atoms with E-state index in [0.29, 0.717) is 0 Å². The molecule has 0 aromatic heterocycles. The normalized spacial score (nSPS) is 12.8. The Morgan fingerprint density at radius 2 is 1.61 bits per heavy atom. The van der Waals surface area contributed by atoms with Crippen LogP contribution >= 0.6 is 12.4 Å². The molecule has 0 bridgehead atoms. The molecule has 0 unspecified atom stereocenters. The molecule has 1 atom stereocenters. The van der Waals surface area contributed by atoms with Crippen molar-refractivity contribution in [2.24, 2.45) is 11.7 Å². The standard InChI is InChI=1S/C19H31N3O4S.ClH/c1-13(2)17(20)18(24)22-12-16(23)21-10-11-27(25,26)15-8-6-14(7-9-15)19(3,4)5;/h6-9,13,17H,10-12,20H2,1-5H3,(H,21,23)(H,22,24);1H/t17-;/m0./s1. The van der Waals surface area contributed by atoms with Crippen molar-refractivity contribution in [3.63, 3.8) is 0 Å².